The van der Waals surface area contributed by atoms with E-state index in [9.17, 15) is 0 Å². The van der Waals surface area contributed by atoms with Gasteiger partial charge in [-0.15, -0.1) is 0 Å². The molecular weight excluding hydrogens is 214 g/mol. The van der Waals surface area contributed by atoms with Crippen molar-refractivity contribution in [2.75, 3.05) is 14.2 Å². The number of methoxy groups -OCH3 is 1. The van der Waals surface area contributed by atoms with E-state index in [1.807, 2.05) is 6.07 Å². The van der Waals surface area contributed by atoms with Crippen LogP contribution in [0.3, 0.4) is 0 Å². The molecule has 0 heterocycles. The van der Waals surface area contributed by atoms with Gasteiger partial charge in [-0.1, -0.05) is 32.9 Å². The van der Waals surface area contributed by atoms with Crippen LogP contribution in [-0.4, -0.2) is 14.2 Å². The first-order valence-electron chi connectivity index (χ1n) is 5.88. The molecule has 0 amide bonds. The second-order valence-corrected chi connectivity index (χ2v) is 5.41. The number of hydrogen-bond acceptors (Lipinski definition) is 3. The SMILES string of the molecule is CONCc1cc(CC(C)(C)C)ccc1OC. The van der Waals surface area contributed by atoms with Gasteiger partial charge in [0.15, 0.2) is 0 Å². The molecule has 96 valence electrons. The van der Waals surface area contributed by atoms with Crippen LogP contribution < -0.4 is 10.2 Å². The molecule has 0 spiro atoms. The standard InChI is InChI=1S/C14H23NO2/c1-14(2,3)9-11-6-7-13(16-4)12(8-11)10-15-17-5/h6-8,15H,9-10H2,1-5H3. The smallest absolute Gasteiger partial charge is 0.123 e. The van der Waals surface area contributed by atoms with Gasteiger partial charge in [-0.3, -0.25) is 0 Å². The third-order valence-electron chi connectivity index (χ3n) is 2.49. The number of hydrogen-bond donors (Lipinski definition) is 1. The van der Waals surface area contributed by atoms with Crippen LogP contribution in [0.2, 0.25) is 0 Å². The van der Waals surface area contributed by atoms with Crippen LogP contribution in [0.5, 0.6) is 5.75 Å². The van der Waals surface area contributed by atoms with Crippen molar-refractivity contribution in [1.29, 1.82) is 0 Å². The van der Waals surface area contributed by atoms with E-state index in [1.54, 1.807) is 14.2 Å². The predicted octanol–water partition coefficient (Wildman–Crippen LogP) is 2.93. The summed E-state index contributed by atoms with van der Waals surface area (Å²) in [7, 11) is 3.31. The number of ether oxygens (including phenoxy) is 1. The Hall–Kier alpha value is -1.06. The number of rotatable bonds is 5. The summed E-state index contributed by atoms with van der Waals surface area (Å²) in [5.41, 5.74) is 5.59. The first kappa shape index (κ1) is 14.0. The van der Waals surface area contributed by atoms with Crippen LogP contribution in [0, 0.1) is 5.41 Å². The van der Waals surface area contributed by atoms with Crippen molar-refractivity contribution in [3.05, 3.63) is 29.3 Å². The minimum absolute atomic E-state index is 0.292. The summed E-state index contributed by atoms with van der Waals surface area (Å²) in [5, 5.41) is 0. The summed E-state index contributed by atoms with van der Waals surface area (Å²) < 4.78 is 5.33. The molecule has 0 bridgehead atoms. The minimum Gasteiger partial charge on any atom is -0.496 e. The van der Waals surface area contributed by atoms with E-state index < -0.39 is 0 Å². The largest absolute Gasteiger partial charge is 0.496 e. The van der Waals surface area contributed by atoms with Crippen LogP contribution in [0.4, 0.5) is 0 Å². The Kier molecular flexibility index (Phi) is 4.97. The van der Waals surface area contributed by atoms with Gasteiger partial charge in [0.25, 0.3) is 0 Å². The van der Waals surface area contributed by atoms with Crippen molar-refractivity contribution in [3.8, 4) is 5.75 Å². The van der Waals surface area contributed by atoms with Crippen LogP contribution in [-0.2, 0) is 17.8 Å². The highest BCUT2D eigenvalue weighted by Gasteiger charge is 2.12. The molecule has 1 aromatic carbocycles. The van der Waals surface area contributed by atoms with Gasteiger partial charge in [-0.25, -0.2) is 0 Å². The monoisotopic (exact) mass is 237 g/mol. The molecule has 0 radical (unpaired) electrons. The molecule has 1 rings (SSSR count). The third-order valence-corrected chi connectivity index (χ3v) is 2.49. The van der Waals surface area contributed by atoms with E-state index in [2.05, 4.69) is 38.4 Å². The Morgan fingerprint density at radius 2 is 1.88 bits per heavy atom. The lowest BCUT2D eigenvalue weighted by Gasteiger charge is -2.19. The van der Waals surface area contributed by atoms with E-state index in [0.717, 1.165) is 17.7 Å². The quantitative estimate of drug-likeness (QED) is 0.799. The van der Waals surface area contributed by atoms with Crippen molar-refractivity contribution in [3.63, 3.8) is 0 Å². The maximum absolute atomic E-state index is 5.33. The van der Waals surface area contributed by atoms with Crippen LogP contribution >= 0.6 is 0 Å². The molecule has 3 heteroatoms. The van der Waals surface area contributed by atoms with Gasteiger partial charge in [0, 0.05) is 12.1 Å². The van der Waals surface area contributed by atoms with Crippen molar-refractivity contribution in [2.45, 2.75) is 33.7 Å². The molecular formula is C14H23NO2. The molecule has 0 saturated heterocycles. The average molecular weight is 237 g/mol. The van der Waals surface area contributed by atoms with Crippen LogP contribution in [0.15, 0.2) is 18.2 Å². The summed E-state index contributed by atoms with van der Waals surface area (Å²) in [6.07, 6.45) is 1.05. The molecule has 0 saturated carbocycles. The Labute approximate surface area is 104 Å². The number of benzene rings is 1. The van der Waals surface area contributed by atoms with Gasteiger partial charge in [0.05, 0.1) is 14.2 Å². The molecule has 0 aliphatic carbocycles. The Balaban J connectivity index is 2.88. The Bertz CT molecular complexity index is 356. The Morgan fingerprint density at radius 3 is 2.41 bits per heavy atom. The van der Waals surface area contributed by atoms with E-state index in [0.29, 0.717) is 12.0 Å². The predicted molar refractivity (Wildman–Crippen MR) is 70.0 cm³/mol. The maximum atomic E-state index is 5.33. The van der Waals surface area contributed by atoms with Gasteiger partial charge in [0.2, 0.25) is 0 Å². The fourth-order valence-electron chi connectivity index (χ4n) is 1.84. The first-order valence-corrected chi connectivity index (χ1v) is 5.88. The topological polar surface area (TPSA) is 30.5 Å². The first-order chi connectivity index (χ1) is 7.96. The summed E-state index contributed by atoms with van der Waals surface area (Å²) in [6, 6.07) is 6.32. The molecule has 0 aliphatic heterocycles. The van der Waals surface area contributed by atoms with Gasteiger partial charge in [0.1, 0.15) is 5.75 Å². The summed E-state index contributed by atoms with van der Waals surface area (Å²) in [5.74, 6) is 0.896. The summed E-state index contributed by atoms with van der Waals surface area (Å²) in [6.45, 7) is 7.37. The molecule has 0 fully saturated rings. The molecule has 3 nitrogen and oxygen atoms in total. The zero-order chi connectivity index (χ0) is 12.9. The highest BCUT2D eigenvalue weighted by Crippen LogP contribution is 2.25. The van der Waals surface area contributed by atoms with Crippen LogP contribution in [0.25, 0.3) is 0 Å². The van der Waals surface area contributed by atoms with Crippen molar-refractivity contribution in [1.82, 2.24) is 5.48 Å². The number of nitrogens with one attached hydrogen (secondary N) is 1. The van der Waals surface area contributed by atoms with Gasteiger partial charge in [-0.05, 0) is 23.5 Å². The zero-order valence-corrected chi connectivity index (χ0v) is 11.5. The highest BCUT2D eigenvalue weighted by molar-refractivity contribution is 5.37. The highest BCUT2D eigenvalue weighted by atomic mass is 16.6. The van der Waals surface area contributed by atoms with Gasteiger partial charge >= 0.3 is 0 Å². The zero-order valence-electron chi connectivity index (χ0n) is 11.5. The van der Waals surface area contributed by atoms with E-state index in [1.165, 1.54) is 5.56 Å². The Morgan fingerprint density at radius 1 is 1.18 bits per heavy atom. The molecule has 0 aromatic heterocycles. The van der Waals surface area contributed by atoms with E-state index >= 15 is 0 Å². The maximum Gasteiger partial charge on any atom is 0.123 e. The minimum atomic E-state index is 0.292. The lowest BCUT2D eigenvalue weighted by molar-refractivity contribution is 0.0861. The number of hydroxylamine groups is 1. The van der Waals surface area contributed by atoms with Crippen LogP contribution in [0.1, 0.15) is 31.9 Å². The van der Waals surface area contributed by atoms with E-state index in [4.69, 9.17) is 9.57 Å². The molecule has 17 heavy (non-hydrogen) atoms. The second kappa shape index (κ2) is 6.03. The molecule has 1 N–H and O–H groups in total. The molecule has 1 aromatic rings. The molecule has 0 unspecified atom stereocenters. The third kappa shape index (κ3) is 4.75. The fourth-order valence-corrected chi connectivity index (χ4v) is 1.84. The molecule has 0 atom stereocenters. The normalized spacial score (nSPS) is 11.6. The summed E-state index contributed by atoms with van der Waals surface area (Å²) in [4.78, 5) is 4.88. The molecule has 0 aliphatic rings. The fraction of sp³-hybridized carbons (Fsp3) is 0.571. The lowest BCUT2D eigenvalue weighted by Crippen LogP contribution is -2.13. The van der Waals surface area contributed by atoms with Crippen molar-refractivity contribution < 1.29 is 9.57 Å². The van der Waals surface area contributed by atoms with Crippen molar-refractivity contribution in [2.24, 2.45) is 5.41 Å². The van der Waals surface area contributed by atoms with E-state index in [-0.39, 0.29) is 0 Å². The van der Waals surface area contributed by atoms with Crippen molar-refractivity contribution >= 4 is 0 Å². The summed E-state index contributed by atoms with van der Waals surface area (Å²) >= 11 is 0. The second-order valence-electron chi connectivity index (χ2n) is 5.41. The van der Waals surface area contributed by atoms with Gasteiger partial charge < -0.3 is 9.57 Å². The lowest BCUT2D eigenvalue weighted by atomic mass is 9.87. The van der Waals surface area contributed by atoms with Gasteiger partial charge in [-0.2, -0.15) is 5.48 Å². The average Bonchev–Trinajstić information content (AvgIpc) is 2.24.